The van der Waals surface area contributed by atoms with Gasteiger partial charge in [0.1, 0.15) is 0 Å². The van der Waals surface area contributed by atoms with Crippen LogP contribution in [0.4, 0.5) is 5.69 Å². The van der Waals surface area contributed by atoms with Gasteiger partial charge in [-0.1, -0.05) is 13.8 Å². The molecule has 1 aromatic rings. The Bertz CT molecular complexity index is 600. The highest BCUT2D eigenvalue weighted by Gasteiger charge is 2.23. The molecule has 0 spiro atoms. The van der Waals surface area contributed by atoms with Gasteiger partial charge >= 0.3 is 11.7 Å². The summed E-state index contributed by atoms with van der Waals surface area (Å²) < 4.78 is 9.88. The van der Waals surface area contributed by atoms with Gasteiger partial charge in [0.15, 0.2) is 11.9 Å². The number of rotatable bonds is 7. The van der Waals surface area contributed by atoms with Crippen LogP contribution in [-0.2, 0) is 9.53 Å². The number of nitrogens with zero attached hydrogens (tertiary/aromatic N) is 1. The highest BCUT2D eigenvalue weighted by atomic mass is 16.6. The van der Waals surface area contributed by atoms with Crippen LogP contribution in [0.1, 0.15) is 31.1 Å². The van der Waals surface area contributed by atoms with Gasteiger partial charge in [-0.3, -0.25) is 14.9 Å². The zero-order chi connectivity index (χ0) is 17.6. The molecule has 8 nitrogen and oxygen atoms in total. The maximum Gasteiger partial charge on any atom is 0.338 e. The molecule has 8 heteroatoms. The molecule has 0 aliphatic carbocycles. The molecule has 0 aliphatic rings. The Balaban J connectivity index is 2.93. The topological polar surface area (TPSA) is 108 Å². The van der Waals surface area contributed by atoms with Crippen molar-refractivity contribution >= 4 is 17.6 Å². The van der Waals surface area contributed by atoms with Crippen molar-refractivity contribution in [3.8, 4) is 5.75 Å². The van der Waals surface area contributed by atoms with Gasteiger partial charge in [-0.2, -0.15) is 0 Å². The predicted molar refractivity (Wildman–Crippen MR) is 82.4 cm³/mol. The summed E-state index contributed by atoms with van der Waals surface area (Å²) in [5.74, 6) is -0.873. The molecule has 0 heterocycles. The van der Waals surface area contributed by atoms with Crippen molar-refractivity contribution in [1.29, 1.82) is 0 Å². The van der Waals surface area contributed by atoms with Crippen LogP contribution < -0.4 is 10.1 Å². The van der Waals surface area contributed by atoms with E-state index in [2.05, 4.69) is 10.1 Å². The third-order valence-electron chi connectivity index (χ3n) is 2.93. The van der Waals surface area contributed by atoms with E-state index >= 15 is 0 Å². The monoisotopic (exact) mass is 324 g/mol. The number of carbonyl (C=O) groups is 2. The molecule has 1 N–H and O–H groups in total. The van der Waals surface area contributed by atoms with Crippen molar-refractivity contribution in [3.63, 3.8) is 0 Å². The summed E-state index contributed by atoms with van der Waals surface area (Å²) in [6.45, 7) is 5.87. The molecule has 1 rings (SSSR count). The molecule has 0 unspecified atom stereocenters. The zero-order valence-corrected chi connectivity index (χ0v) is 13.5. The third kappa shape index (κ3) is 5.24. The molecule has 1 amide bonds. The van der Waals surface area contributed by atoms with Gasteiger partial charge < -0.3 is 14.8 Å². The first-order chi connectivity index (χ1) is 10.8. The van der Waals surface area contributed by atoms with E-state index in [0.717, 1.165) is 6.07 Å². The summed E-state index contributed by atoms with van der Waals surface area (Å²) in [7, 11) is 1.18. The summed E-state index contributed by atoms with van der Waals surface area (Å²) in [6.07, 6.45) is -0.906. The number of benzene rings is 1. The zero-order valence-electron chi connectivity index (χ0n) is 13.5. The number of hydrogen-bond donors (Lipinski definition) is 1. The number of nitrogens with one attached hydrogen (secondary N) is 1. The number of nitro benzene ring substituents is 1. The molecular formula is C15H20N2O6. The highest BCUT2D eigenvalue weighted by molar-refractivity contribution is 5.90. The number of hydrogen-bond acceptors (Lipinski definition) is 6. The Labute approximate surface area is 133 Å². The molecule has 126 valence electrons. The fraction of sp³-hybridized carbons (Fsp3) is 0.467. The molecule has 0 aromatic heterocycles. The van der Waals surface area contributed by atoms with Crippen molar-refractivity contribution in [2.75, 3.05) is 13.7 Å². The SMILES string of the molecule is COC(=O)c1ccc(O[C@@H](C)C(=O)NCC(C)C)c([N+](=O)[O-])c1. The molecule has 0 radical (unpaired) electrons. The molecule has 0 aliphatic heterocycles. The minimum absolute atomic E-state index is 0.0310. The molecule has 1 aromatic carbocycles. The number of methoxy groups -OCH3 is 1. The van der Waals surface area contributed by atoms with Gasteiger partial charge in [-0.25, -0.2) is 4.79 Å². The second-order valence-corrected chi connectivity index (χ2v) is 5.33. The average Bonchev–Trinajstić information content (AvgIpc) is 2.51. The van der Waals surface area contributed by atoms with Crippen molar-refractivity contribution in [3.05, 3.63) is 33.9 Å². The minimum Gasteiger partial charge on any atom is -0.474 e. The number of amides is 1. The van der Waals surface area contributed by atoms with E-state index in [1.807, 2.05) is 13.8 Å². The lowest BCUT2D eigenvalue weighted by molar-refractivity contribution is -0.386. The number of nitro groups is 1. The Kier molecular flexibility index (Phi) is 6.49. The third-order valence-corrected chi connectivity index (χ3v) is 2.93. The Morgan fingerprint density at radius 1 is 1.30 bits per heavy atom. The average molecular weight is 324 g/mol. The molecule has 0 saturated heterocycles. The summed E-state index contributed by atoms with van der Waals surface area (Å²) >= 11 is 0. The largest absolute Gasteiger partial charge is 0.474 e. The second kappa shape index (κ2) is 8.11. The van der Waals surface area contributed by atoms with Crippen LogP contribution in [-0.4, -0.2) is 36.6 Å². The van der Waals surface area contributed by atoms with Crippen molar-refractivity contribution in [2.24, 2.45) is 5.92 Å². The van der Waals surface area contributed by atoms with Crippen molar-refractivity contribution in [2.45, 2.75) is 26.9 Å². The molecular weight excluding hydrogens is 304 g/mol. The second-order valence-electron chi connectivity index (χ2n) is 5.33. The Morgan fingerprint density at radius 2 is 1.96 bits per heavy atom. The van der Waals surface area contributed by atoms with Gasteiger partial charge in [-0.15, -0.1) is 0 Å². The lowest BCUT2D eigenvalue weighted by Crippen LogP contribution is -2.38. The molecule has 0 fully saturated rings. The van der Waals surface area contributed by atoms with E-state index in [1.54, 1.807) is 0 Å². The van der Waals surface area contributed by atoms with Crippen LogP contribution >= 0.6 is 0 Å². The number of ether oxygens (including phenoxy) is 2. The lowest BCUT2D eigenvalue weighted by Gasteiger charge is -2.15. The maximum atomic E-state index is 11.9. The van der Waals surface area contributed by atoms with Crippen LogP contribution in [0, 0.1) is 16.0 Å². The number of esters is 1. The number of carbonyl (C=O) groups excluding carboxylic acids is 2. The van der Waals surface area contributed by atoms with E-state index in [-0.39, 0.29) is 23.1 Å². The van der Waals surface area contributed by atoms with Crippen LogP contribution in [0.15, 0.2) is 18.2 Å². The molecule has 23 heavy (non-hydrogen) atoms. The standard InChI is InChI=1S/C15H20N2O6/c1-9(2)8-16-14(18)10(3)23-13-6-5-11(15(19)22-4)7-12(13)17(20)21/h5-7,9-10H,8H2,1-4H3,(H,16,18)/t10-/m0/s1. The summed E-state index contributed by atoms with van der Waals surface area (Å²) in [5, 5.41) is 13.8. The van der Waals surface area contributed by atoms with E-state index in [0.29, 0.717) is 6.54 Å². The van der Waals surface area contributed by atoms with Gasteiger partial charge in [0.25, 0.3) is 5.91 Å². The van der Waals surface area contributed by atoms with Crippen LogP contribution in [0.3, 0.4) is 0 Å². The van der Waals surface area contributed by atoms with Gasteiger partial charge in [0, 0.05) is 12.6 Å². The Hall–Kier alpha value is -2.64. The van der Waals surface area contributed by atoms with Crippen LogP contribution in [0.25, 0.3) is 0 Å². The minimum atomic E-state index is -0.906. The first kappa shape index (κ1) is 18.4. The summed E-state index contributed by atoms with van der Waals surface area (Å²) in [6, 6.07) is 3.67. The summed E-state index contributed by atoms with van der Waals surface area (Å²) in [5.41, 5.74) is -0.375. The van der Waals surface area contributed by atoms with Crippen LogP contribution in [0.5, 0.6) is 5.75 Å². The van der Waals surface area contributed by atoms with E-state index in [1.165, 1.54) is 26.2 Å². The first-order valence-corrected chi connectivity index (χ1v) is 7.07. The fourth-order valence-electron chi connectivity index (χ4n) is 1.70. The van der Waals surface area contributed by atoms with Gasteiger partial charge in [-0.05, 0) is 25.0 Å². The Morgan fingerprint density at radius 3 is 2.48 bits per heavy atom. The quantitative estimate of drug-likeness (QED) is 0.466. The van der Waals surface area contributed by atoms with Gasteiger partial charge in [0.05, 0.1) is 17.6 Å². The van der Waals surface area contributed by atoms with E-state index < -0.39 is 22.7 Å². The van der Waals surface area contributed by atoms with Crippen molar-refractivity contribution < 1.29 is 24.0 Å². The first-order valence-electron chi connectivity index (χ1n) is 7.07. The van der Waals surface area contributed by atoms with Gasteiger partial charge in [0.2, 0.25) is 0 Å². The van der Waals surface area contributed by atoms with E-state index in [4.69, 9.17) is 4.74 Å². The fourth-order valence-corrected chi connectivity index (χ4v) is 1.70. The normalized spacial score (nSPS) is 11.7. The van der Waals surface area contributed by atoms with E-state index in [9.17, 15) is 19.7 Å². The predicted octanol–water partition coefficient (Wildman–Crippen LogP) is 1.92. The van der Waals surface area contributed by atoms with Crippen molar-refractivity contribution in [1.82, 2.24) is 5.32 Å². The molecule has 1 atom stereocenters. The highest BCUT2D eigenvalue weighted by Crippen LogP contribution is 2.29. The lowest BCUT2D eigenvalue weighted by atomic mass is 10.2. The summed E-state index contributed by atoms with van der Waals surface area (Å²) in [4.78, 5) is 33.7. The smallest absolute Gasteiger partial charge is 0.338 e. The molecule has 0 bridgehead atoms. The maximum absolute atomic E-state index is 11.9. The van der Waals surface area contributed by atoms with Crippen LogP contribution in [0.2, 0.25) is 0 Å². The molecule has 0 saturated carbocycles.